The summed E-state index contributed by atoms with van der Waals surface area (Å²) < 4.78 is 0. The van der Waals surface area contributed by atoms with Crippen molar-refractivity contribution < 1.29 is 9.90 Å². The average Bonchev–Trinajstić information content (AvgIpc) is 2.65. The zero-order chi connectivity index (χ0) is 11.6. The van der Waals surface area contributed by atoms with Crippen molar-refractivity contribution >= 4 is 5.91 Å². The first-order valence-electron chi connectivity index (χ1n) is 5.61. The number of carbonyl (C=O) groups excluding carboxylic acids is 1. The number of nitrogens with zero attached hydrogens (tertiary/aromatic N) is 4. The Hall–Kier alpha value is -1.26. The second-order valence-corrected chi connectivity index (χ2v) is 4.76. The first-order valence-corrected chi connectivity index (χ1v) is 5.61. The van der Waals surface area contributed by atoms with Gasteiger partial charge in [0.2, 0.25) is 5.91 Å². The molecule has 0 aromatic carbocycles. The number of likely N-dealkylation sites (tertiary alicyclic amines) is 1. The van der Waals surface area contributed by atoms with Gasteiger partial charge in [-0.15, -0.1) is 0 Å². The van der Waals surface area contributed by atoms with Crippen LogP contribution in [0.5, 0.6) is 0 Å². The summed E-state index contributed by atoms with van der Waals surface area (Å²) in [6, 6.07) is 0. The van der Waals surface area contributed by atoms with Crippen LogP contribution in [0.2, 0.25) is 0 Å². The number of carbonyl (C=O) groups is 1. The Labute approximate surface area is 93.9 Å². The minimum Gasteiger partial charge on any atom is -0.396 e. The standard InChI is InChI=1S/C10H16N4O2/c11-13-12-4-9(16)14-5-8(6-15)10(7-14)2-1-3-10/h8,15H,1-7H2/t8-/m0/s1. The third-order valence-electron chi connectivity index (χ3n) is 4.00. The molecule has 2 rings (SSSR count). The number of hydrogen-bond donors (Lipinski definition) is 1. The molecule has 1 atom stereocenters. The molecule has 1 saturated carbocycles. The van der Waals surface area contributed by atoms with Gasteiger partial charge in [-0.25, -0.2) is 0 Å². The van der Waals surface area contributed by atoms with Crippen molar-refractivity contribution in [1.82, 2.24) is 4.90 Å². The monoisotopic (exact) mass is 224 g/mol. The molecule has 16 heavy (non-hydrogen) atoms. The first-order chi connectivity index (χ1) is 7.72. The van der Waals surface area contributed by atoms with Gasteiger partial charge in [-0.3, -0.25) is 4.79 Å². The highest BCUT2D eigenvalue weighted by molar-refractivity contribution is 5.78. The van der Waals surface area contributed by atoms with Crippen LogP contribution in [-0.4, -0.2) is 42.2 Å². The molecule has 0 unspecified atom stereocenters. The van der Waals surface area contributed by atoms with Gasteiger partial charge in [-0.2, -0.15) is 0 Å². The van der Waals surface area contributed by atoms with Crippen LogP contribution in [0.25, 0.3) is 10.4 Å². The van der Waals surface area contributed by atoms with E-state index in [9.17, 15) is 9.90 Å². The summed E-state index contributed by atoms with van der Waals surface area (Å²) in [7, 11) is 0. The topological polar surface area (TPSA) is 89.3 Å². The van der Waals surface area contributed by atoms with Crippen LogP contribution in [0.15, 0.2) is 5.11 Å². The molecule has 6 nitrogen and oxygen atoms in total. The van der Waals surface area contributed by atoms with E-state index in [1.807, 2.05) is 0 Å². The van der Waals surface area contributed by atoms with Crippen molar-refractivity contribution in [2.24, 2.45) is 16.4 Å². The maximum absolute atomic E-state index is 11.7. The molecule has 2 aliphatic rings. The molecular weight excluding hydrogens is 208 g/mol. The maximum atomic E-state index is 11.7. The molecule has 0 radical (unpaired) electrons. The third kappa shape index (κ3) is 1.74. The van der Waals surface area contributed by atoms with Crippen molar-refractivity contribution in [3.63, 3.8) is 0 Å². The lowest BCUT2D eigenvalue weighted by Gasteiger charge is -2.42. The highest BCUT2D eigenvalue weighted by atomic mass is 16.3. The second kappa shape index (κ2) is 4.31. The molecule has 0 aromatic rings. The number of aliphatic hydroxyl groups excluding tert-OH is 1. The van der Waals surface area contributed by atoms with Crippen LogP contribution in [-0.2, 0) is 4.79 Å². The number of hydrogen-bond acceptors (Lipinski definition) is 3. The lowest BCUT2D eigenvalue weighted by Crippen LogP contribution is -2.39. The second-order valence-electron chi connectivity index (χ2n) is 4.76. The normalized spacial score (nSPS) is 26.3. The largest absolute Gasteiger partial charge is 0.396 e. The highest BCUT2D eigenvalue weighted by Crippen LogP contribution is 2.51. The predicted octanol–water partition coefficient (Wildman–Crippen LogP) is 0.918. The van der Waals surface area contributed by atoms with Crippen LogP contribution in [0.1, 0.15) is 19.3 Å². The molecule has 88 valence electrons. The Bertz CT molecular complexity index is 334. The van der Waals surface area contributed by atoms with Gasteiger partial charge in [-0.1, -0.05) is 11.5 Å². The van der Waals surface area contributed by atoms with Gasteiger partial charge in [0.1, 0.15) is 6.54 Å². The van der Waals surface area contributed by atoms with Gasteiger partial charge >= 0.3 is 0 Å². The van der Waals surface area contributed by atoms with Gasteiger partial charge in [0.05, 0.1) is 0 Å². The summed E-state index contributed by atoms with van der Waals surface area (Å²) in [4.78, 5) is 16.0. The molecule has 2 fully saturated rings. The molecule has 1 aliphatic heterocycles. The Morgan fingerprint density at radius 3 is 2.81 bits per heavy atom. The molecule has 1 aliphatic carbocycles. The number of amides is 1. The third-order valence-corrected chi connectivity index (χ3v) is 4.00. The Kier molecular flexibility index (Phi) is 3.03. The summed E-state index contributed by atoms with van der Waals surface area (Å²) in [5.41, 5.74) is 8.32. The van der Waals surface area contributed by atoms with E-state index in [4.69, 9.17) is 5.53 Å². The Morgan fingerprint density at radius 2 is 2.38 bits per heavy atom. The minimum atomic E-state index is -0.125. The van der Waals surface area contributed by atoms with Gasteiger partial charge in [-0.05, 0) is 23.8 Å². The summed E-state index contributed by atoms with van der Waals surface area (Å²) in [5, 5.41) is 12.6. The zero-order valence-corrected chi connectivity index (χ0v) is 9.17. The predicted molar refractivity (Wildman–Crippen MR) is 57.5 cm³/mol. The lowest BCUT2D eigenvalue weighted by atomic mass is 9.63. The van der Waals surface area contributed by atoms with Crippen molar-refractivity contribution in [2.45, 2.75) is 19.3 Å². The van der Waals surface area contributed by atoms with E-state index in [2.05, 4.69) is 10.0 Å². The number of azide groups is 1. The number of rotatable bonds is 3. The Balaban J connectivity index is 1.99. The number of aliphatic hydroxyl groups is 1. The molecule has 6 heteroatoms. The fourth-order valence-electron chi connectivity index (χ4n) is 2.86. The van der Waals surface area contributed by atoms with Crippen molar-refractivity contribution in [1.29, 1.82) is 0 Å². The fourth-order valence-corrected chi connectivity index (χ4v) is 2.86. The maximum Gasteiger partial charge on any atom is 0.228 e. The highest BCUT2D eigenvalue weighted by Gasteiger charge is 2.50. The molecule has 0 bridgehead atoms. The summed E-state index contributed by atoms with van der Waals surface area (Å²) in [5.74, 6) is 0.0799. The SMILES string of the molecule is [N-]=[N+]=NCC(=O)N1C[C@@H](CO)C2(CCC2)C1. The summed E-state index contributed by atoms with van der Waals surface area (Å²) in [6.45, 7) is 1.37. The molecular formula is C10H16N4O2. The van der Waals surface area contributed by atoms with E-state index in [-0.39, 0.29) is 30.4 Å². The van der Waals surface area contributed by atoms with Crippen molar-refractivity contribution in [3.8, 4) is 0 Å². The quantitative estimate of drug-likeness (QED) is 0.438. The van der Waals surface area contributed by atoms with E-state index in [1.54, 1.807) is 4.90 Å². The molecule has 1 amide bonds. The van der Waals surface area contributed by atoms with Gasteiger partial charge < -0.3 is 10.0 Å². The smallest absolute Gasteiger partial charge is 0.228 e. The molecule has 1 N–H and O–H groups in total. The van der Waals surface area contributed by atoms with E-state index >= 15 is 0 Å². The Morgan fingerprint density at radius 1 is 1.62 bits per heavy atom. The van der Waals surface area contributed by atoms with E-state index in [0.29, 0.717) is 6.54 Å². The summed E-state index contributed by atoms with van der Waals surface area (Å²) in [6.07, 6.45) is 3.39. The van der Waals surface area contributed by atoms with Crippen molar-refractivity contribution in [3.05, 3.63) is 10.4 Å². The fraction of sp³-hybridized carbons (Fsp3) is 0.900. The van der Waals surface area contributed by atoms with Crippen molar-refractivity contribution in [2.75, 3.05) is 26.2 Å². The molecule has 0 aromatic heterocycles. The van der Waals surface area contributed by atoms with Crippen LogP contribution in [0, 0.1) is 11.3 Å². The van der Waals surface area contributed by atoms with Gasteiger partial charge in [0, 0.05) is 30.5 Å². The first kappa shape index (κ1) is 11.2. The van der Waals surface area contributed by atoms with E-state index in [1.165, 1.54) is 6.42 Å². The molecule has 1 heterocycles. The minimum absolute atomic E-state index is 0.106. The van der Waals surface area contributed by atoms with E-state index < -0.39 is 0 Å². The van der Waals surface area contributed by atoms with Crippen LogP contribution in [0.4, 0.5) is 0 Å². The van der Waals surface area contributed by atoms with Gasteiger partial charge in [0.15, 0.2) is 0 Å². The lowest BCUT2D eigenvalue weighted by molar-refractivity contribution is -0.129. The summed E-state index contributed by atoms with van der Waals surface area (Å²) >= 11 is 0. The van der Waals surface area contributed by atoms with Crippen LogP contribution in [0.3, 0.4) is 0 Å². The zero-order valence-electron chi connectivity index (χ0n) is 9.17. The molecule has 1 saturated heterocycles. The molecule has 1 spiro atoms. The van der Waals surface area contributed by atoms with Crippen LogP contribution < -0.4 is 0 Å². The van der Waals surface area contributed by atoms with Gasteiger partial charge in [0.25, 0.3) is 0 Å². The van der Waals surface area contributed by atoms with E-state index in [0.717, 1.165) is 19.4 Å². The van der Waals surface area contributed by atoms with Crippen LogP contribution >= 0.6 is 0 Å². The average molecular weight is 224 g/mol.